The Morgan fingerprint density at radius 2 is 1.89 bits per heavy atom. The second kappa shape index (κ2) is 7.34. The minimum atomic E-state index is -4.63. The van der Waals surface area contributed by atoms with Crippen LogP contribution in [0, 0.1) is 6.92 Å². The third-order valence-electron chi connectivity index (χ3n) is 4.59. The number of hydrogen-bond donors (Lipinski definition) is 3. The SMILES string of the molecule is Cc1c(CCC2(C)OCCO2)c(O)n(Nc2ccc(C(F)(F)F)c(Cl)n2)c1O. The van der Waals surface area contributed by atoms with Crippen molar-refractivity contribution in [2.75, 3.05) is 18.6 Å². The number of nitrogens with zero attached hydrogens (tertiary/aromatic N) is 2. The summed E-state index contributed by atoms with van der Waals surface area (Å²) in [5.41, 5.74) is 2.32. The molecule has 0 spiro atoms. The van der Waals surface area contributed by atoms with Crippen LogP contribution in [0.3, 0.4) is 0 Å². The molecule has 0 radical (unpaired) electrons. The molecule has 0 amide bonds. The van der Waals surface area contributed by atoms with Crippen molar-refractivity contribution in [2.45, 2.75) is 38.7 Å². The zero-order valence-corrected chi connectivity index (χ0v) is 15.9. The fourth-order valence-electron chi connectivity index (χ4n) is 2.99. The average Bonchev–Trinajstić information content (AvgIpc) is 3.11. The topological polar surface area (TPSA) is 88.8 Å². The van der Waals surface area contributed by atoms with E-state index >= 15 is 0 Å². The van der Waals surface area contributed by atoms with Crippen LogP contribution in [-0.2, 0) is 22.1 Å². The summed E-state index contributed by atoms with van der Waals surface area (Å²) >= 11 is 5.60. The number of rotatable bonds is 5. The van der Waals surface area contributed by atoms with E-state index in [0.717, 1.165) is 16.8 Å². The smallest absolute Gasteiger partial charge is 0.419 e. The van der Waals surface area contributed by atoms with E-state index in [9.17, 15) is 23.4 Å². The van der Waals surface area contributed by atoms with E-state index in [2.05, 4.69) is 10.4 Å². The molecule has 154 valence electrons. The Balaban J connectivity index is 1.82. The van der Waals surface area contributed by atoms with Crippen LogP contribution < -0.4 is 5.43 Å². The van der Waals surface area contributed by atoms with E-state index in [1.54, 1.807) is 13.8 Å². The van der Waals surface area contributed by atoms with Crippen LogP contribution in [0.5, 0.6) is 11.8 Å². The van der Waals surface area contributed by atoms with Gasteiger partial charge in [-0.2, -0.15) is 17.8 Å². The maximum atomic E-state index is 12.8. The van der Waals surface area contributed by atoms with Crippen molar-refractivity contribution in [1.29, 1.82) is 0 Å². The minimum absolute atomic E-state index is 0.0837. The molecule has 1 saturated heterocycles. The standard InChI is InChI=1S/C17H19ClF3N3O4/c1-9-10(5-6-16(2)27-7-8-28-16)15(26)24(14(9)25)23-12-4-3-11(13(18)22-12)17(19,20)21/h3-4,25-26H,5-8H2,1-2H3,(H,22,23). The number of alkyl halides is 3. The minimum Gasteiger partial charge on any atom is -0.493 e. The molecule has 0 unspecified atom stereocenters. The second-order valence-electron chi connectivity index (χ2n) is 6.56. The van der Waals surface area contributed by atoms with Gasteiger partial charge in [-0.05, 0) is 32.4 Å². The molecule has 3 rings (SSSR count). The molecule has 3 heterocycles. The van der Waals surface area contributed by atoms with Crippen LogP contribution in [0.2, 0.25) is 5.15 Å². The summed E-state index contributed by atoms with van der Waals surface area (Å²) in [6.07, 6.45) is -3.85. The molecule has 1 fully saturated rings. The van der Waals surface area contributed by atoms with E-state index in [1.165, 1.54) is 0 Å². The van der Waals surface area contributed by atoms with Crippen LogP contribution in [-0.4, -0.2) is 38.9 Å². The lowest BCUT2D eigenvalue weighted by atomic mass is 10.0. The average molecular weight is 422 g/mol. The molecule has 2 aromatic heterocycles. The highest BCUT2D eigenvalue weighted by atomic mass is 35.5. The van der Waals surface area contributed by atoms with E-state index in [1.807, 2.05) is 0 Å². The van der Waals surface area contributed by atoms with Crippen LogP contribution in [0.25, 0.3) is 0 Å². The normalized spacial score (nSPS) is 16.5. The molecule has 0 atom stereocenters. The van der Waals surface area contributed by atoms with E-state index in [4.69, 9.17) is 21.1 Å². The molecule has 0 aromatic carbocycles. The van der Waals surface area contributed by atoms with Crippen LogP contribution in [0.15, 0.2) is 12.1 Å². The highest BCUT2D eigenvalue weighted by Gasteiger charge is 2.34. The quantitative estimate of drug-likeness (QED) is 0.636. The van der Waals surface area contributed by atoms with Crippen molar-refractivity contribution in [2.24, 2.45) is 0 Å². The number of aromatic hydroxyl groups is 2. The molecule has 2 aromatic rings. The molecule has 0 saturated carbocycles. The van der Waals surface area contributed by atoms with Crippen molar-refractivity contribution in [3.05, 3.63) is 34.0 Å². The maximum Gasteiger partial charge on any atom is 0.419 e. The summed E-state index contributed by atoms with van der Waals surface area (Å²) in [6.45, 7) is 4.36. The van der Waals surface area contributed by atoms with Gasteiger partial charge in [0.1, 0.15) is 11.0 Å². The third-order valence-corrected chi connectivity index (χ3v) is 4.88. The molecule has 0 bridgehead atoms. The first-order chi connectivity index (χ1) is 13.0. The first-order valence-corrected chi connectivity index (χ1v) is 8.80. The molecule has 28 heavy (non-hydrogen) atoms. The van der Waals surface area contributed by atoms with Crippen molar-refractivity contribution < 1.29 is 32.9 Å². The predicted molar refractivity (Wildman–Crippen MR) is 94.4 cm³/mol. The summed E-state index contributed by atoms with van der Waals surface area (Å²) in [5, 5.41) is 20.0. The van der Waals surface area contributed by atoms with Gasteiger partial charge in [0.2, 0.25) is 11.8 Å². The Labute approximate surface area is 163 Å². The van der Waals surface area contributed by atoms with Gasteiger partial charge in [-0.3, -0.25) is 5.43 Å². The Kier molecular flexibility index (Phi) is 5.39. The van der Waals surface area contributed by atoms with Gasteiger partial charge >= 0.3 is 6.18 Å². The molecule has 7 nitrogen and oxygen atoms in total. The van der Waals surface area contributed by atoms with Gasteiger partial charge in [-0.25, -0.2) is 4.98 Å². The lowest BCUT2D eigenvalue weighted by Gasteiger charge is -2.22. The number of hydrogen-bond acceptors (Lipinski definition) is 6. The number of ether oxygens (including phenoxy) is 2. The Morgan fingerprint density at radius 3 is 2.46 bits per heavy atom. The van der Waals surface area contributed by atoms with Crippen molar-refractivity contribution in [3.63, 3.8) is 0 Å². The fourth-order valence-corrected chi connectivity index (χ4v) is 3.25. The number of nitrogens with one attached hydrogen (secondary N) is 1. The van der Waals surface area contributed by atoms with Crippen molar-refractivity contribution in [1.82, 2.24) is 9.66 Å². The monoisotopic (exact) mass is 421 g/mol. The molecular weight excluding hydrogens is 403 g/mol. The number of aromatic nitrogens is 2. The number of anilines is 1. The van der Waals surface area contributed by atoms with Gasteiger partial charge in [0.25, 0.3) is 0 Å². The van der Waals surface area contributed by atoms with Gasteiger partial charge < -0.3 is 19.7 Å². The first kappa shape index (κ1) is 20.6. The zero-order chi connectivity index (χ0) is 20.7. The van der Waals surface area contributed by atoms with E-state index in [0.29, 0.717) is 37.2 Å². The van der Waals surface area contributed by atoms with Gasteiger partial charge in [-0.15, -0.1) is 0 Å². The number of halogens is 4. The molecule has 3 N–H and O–H groups in total. The summed E-state index contributed by atoms with van der Waals surface area (Å²) in [7, 11) is 0. The predicted octanol–water partition coefficient (Wildman–Crippen LogP) is 3.85. The van der Waals surface area contributed by atoms with E-state index < -0.39 is 22.7 Å². The summed E-state index contributed by atoms with van der Waals surface area (Å²) in [6, 6.07) is 1.81. The van der Waals surface area contributed by atoms with Gasteiger partial charge in [0.05, 0.1) is 18.8 Å². The highest BCUT2D eigenvalue weighted by molar-refractivity contribution is 6.30. The Morgan fingerprint density at radius 1 is 1.25 bits per heavy atom. The molecule has 11 heteroatoms. The zero-order valence-electron chi connectivity index (χ0n) is 15.1. The van der Waals surface area contributed by atoms with Crippen LogP contribution >= 0.6 is 11.6 Å². The summed E-state index contributed by atoms with van der Waals surface area (Å²) in [5.74, 6) is -1.45. The van der Waals surface area contributed by atoms with Gasteiger partial charge in [-0.1, -0.05) is 11.6 Å². The lowest BCUT2D eigenvalue weighted by Crippen LogP contribution is -2.26. The molecule has 0 aliphatic carbocycles. The summed E-state index contributed by atoms with van der Waals surface area (Å²) in [4.78, 5) is 3.63. The van der Waals surface area contributed by atoms with Crippen LogP contribution in [0.4, 0.5) is 19.0 Å². The van der Waals surface area contributed by atoms with E-state index in [-0.39, 0.29) is 17.6 Å². The fraction of sp³-hybridized carbons (Fsp3) is 0.471. The largest absolute Gasteiger partial charge is 0.493 e. The number of pyridine rings is 1. The first-order valence-electron chi connectivity index (χ1n) is 8.42. The molecular formula is C17H19ClF3N3O4. The van der Waals surface area contributed by atoms with Crippen molar-refractivity contribution >= 4 is 17.4 Å². The second-order valence-corrected chi connectivity index (χ2v) is 6.92. The van der Waals surface area contributed by atoms with Crippen LogP contribution in [0.1, 0.15) is 30.0 Å². The summed E-state index contributed by atoms with van der Waals surface area (Å²) < 4.78 is 50.3. The van der Waals surface area contributed by atoms with Gasteiger partial charge in [0, 0.05) is 17.5 Å². The Bertz CT molecular complexity index is 880. The maximum absolute atomic E-state index is 12.8. The molecule has 1 aliphatic heterocycles. The Hall–Kier alpha value is -2.17. The highest BCUT2D eigenvalue weighted by Crippen LogP contribution is 2.37. The molecule has 1 aliphatic rings. The van der Waals surface area contributed by atoms with Gasteiger partial charge in [0.15, 0.2) is 5.79 Å². The third kappa shape index (κ3) is 3.98. The van der Waals surface area contributed by atoms with Crippen molar-refractivity contribution in [3.8, 4) is 11.8 Å². The lowest BCUT2D eigenvalue weighted by molar-refractivity contribution is -0.146.